The minimum Gasteiger partial charge on any atom is -0.392 e. The van der Waals surface area contributed by atoms with E-state index in [2.05, 4.69) is 12.1 Å². The van der Waals surface area contributed by atoms with Gasteiger partial charge in [0.15, 0.2) is 0 Å². The molecule has 1 nitrogen and oxygen atoms in total. The van der Waals surface area contributed by atoms with Crippen LogP contribution < -0.4 is 0 Å². The SMILES string of the molecule is OC(Cc1cccc(F)c1Cl)C1CC1c1ccccc1. The number of hydrogen-bond donors (Lipinski definition) is 1. The first kappa shape index (κ1) is 13.6. The largest absolute Gasteiger partial charge is 0.392 e. The van der Waals surface area contributed by atoms with E-state index in [1.165, 1.54) is 11.6 Å². The van der Waals surface area contributed by atoms with Crippen molar-refractivity contribution < 1.29 is 9.50 Å². The maximum absolute atomic E-state index is 13.4. The highest BCUT2D eigenvalue weighted by Crippen LogP contribution is 2.50. The molecule has 1 saturated carbocycles. The molecule has 1 N–H and O–H groups in total. The average Bonchev–Trinajstić information content (AvgIpc) is 3.25. The van der Waals surface area contributed by atoms with Crippen molar-refractivity contribution in [3.8, 4) is 0 Å². The quantitative estimate of drug-likeness (QED) is 0.895. The summed E-state index contributed by atoms with van der Waals surface area (Å²) in [7, 11) is 0. The number of aliphatic hydroxyl groups excluding tert-OH is 1. The van der Waals surface area contributed by atoms with E-state index in [9.17, 15) is 9.50 Å². The third-order valence-electron chi connectivity index (χ3n) is 4.02. The third-order valence-corrected chi connectivity index (χ3v) is 4.45. The molecule has 3 atom stereocenters. The van der Waals surface area contributed by atoms with Crippen molar-refractivity contribution in [3.05, 3.63) is 70.5 Å². The average molecular weight is 291 g/mol. The molecule has 20 heavy (non-hydrogen) atoms. The molecular formula is C17H16ClFO. The van der Waals surface area contributed by atoms with Crippen LogP contribution in [0.2, 0.25) is 5.02 Å². The van der Waals surface area contributed by atoms with E-state index in [-0.39, 0.29) is 10.9 Å². The van der Waals surface area contributed by atoms with Gasteiger partial charge in [0.2, 0.25) is 0 Å². The van der Waals surface area contributed by atoms with Gasteiger partial charge >= 0.3 is 0 Å². The summed E-state index contributed by atoms with van der Waals surface area (Å²) in [6.45, 7) is 0. The monoisotopic (exact) mass is 290 g/mol. The smallest absolute Gasteiger partial charge is 0.142 e. The lowest BCUT2D eigenvalue weighted by molar-refractivity contribution is 0.149. The maximum Gasteiger partial charge on any atom is 0.142 e. The lowest BCUT2D eigenvalue weighted by Gasteiger charge is -2.12. The van der Waals surface area contributed by atoms with E-state index >= 15 is 0 Å². The van der Waals surface area contributed by atoms with Crippen molar-refractivity contribution in [3.63, 3.8) is 0 Å². The molecular weight excluding hydrogens is 275 g/mol. The summed E-state index contributed by atoms with van der Waals surface area (Å²) in [5.74, 6) is 0.238. The van der Waals surface area contributed by atoms with Crippen molar-refractivity contribution >= 4 is 11.6 Å². The highest BCUT2D eigenvalue weighted by molar-refractivity contribution is 6.31. The van der Waals surface area contributed by atoms with Crippen LogP contribution in [0, 0.1) is 11.7 Å². The van der Waals surface area contributed by atoms with Gasteiger partial charge in [-0.2, -0.15) is 0 Å². The summed E-state index contributed by atoms with van der Waals surface area (Å²) in [5.41, 5.74) is 1.94. The molecule has 1 fully saturated rings. The van der Waals surface area contributed by atoms with Crippen molar-refractivity contribution in [1.82, 2.24) is 0 Å². The number of halogens is 2. The lowest BCUT2D eigenvalue weighted by Crippen LogP contribution is -2.14. The van der Waals surface area contributed by atoms with E-state index in [1.54, 1.807) is 12.1 Å². The Bertz CT molecular complexity index is 599. The van der Waals surface area contributed by atoms with Gasteiger partial charge in [-0.25, -0.2) is 4.39 Å². The van der Waals surface area contributed by atoms with Crippen LogP contribution in [0.1, 0.15) is 23.5 Å². The molecule has 1 aliphatic rings. The number of rotatable bonds is 4. The number of hydrogen-bond acceptors (Lipinski definition) is 1. The molecule has 3 rings (SSSR count). The van der Waals surface area contributed by atoms with Crippen molar-refractivity contribution in [2.24, 2.45) is 5.92 Å². The molecule has 0 amide bonds. The first-order valence-electron chi connectivity index (χ1n) is 6.82. The van der Waals surface area contributed by atoms with Gasteiger partial charge in [-0.1, -0.05) is 54.1 Å². The van der Waals surface area contributed by atoms with Crippen molar-refractivity contribution in [2.45, 2.75) is 24.9 Å². The Labute approximate surface area is 123 Å². The second-order valence-electron chi connectivity index (χ2n) is 5.40. The van der Waals surface area contributed by atoms with Crippen molar-refractivity contribution in [1.29, 1.82) is 0 Å². The second kappa shape index (κ2) is 5.55. The standard InChI is InChI=1S/C17H16ClFO/c18-17-12(7-4-8-15(17)19)9-16(20)14-10-13(14)11-5-2-1-3-6-11/h1-8,13-14,16,20H,9-10H2. The van der Waals surface area contributed by atoms with Gasteiger partial charge in [0.05, 0.1) is 11.1 Å². The van der Waals surface area contributed by atoms with Crippen LogP contribution in [0.3, 0.4) is 0 Å². The Kier molecular flexibility index (Phi) is 3.77. The fourth-order valence-electron chi connectivity index (χ4n) is 2.81. The van der Waals surface area contributed by atoms with E-state index in [0.717, 1.165) is 6.42 Å². The van der Waals surface area contributed by atoms with Crippen LogP contribution in [0.15, 0.2) is 48.5 Å². The molecule has 0 spiro atoms. The molecule has 3 unspecified atom stereocenters. The van der Waals surface area contributed by atoms with Crippen molar-refractivity contribution in [2.75, 3.05) is 0 Å². The zero-order valence-electron chi connectivity index (χ0n) is 11.0. The van der Waals surface area contributed by atoms with Gasteiger partial charge in [0, 0.05) is 6.42 Å². The molecule has 0 heterocycles. The third kappa shape index (κ3) is 2.72. The van der Waals surface area contributed by atoms with E-state index < -0.39 is 11.9 Å². The van der Waals surface area contributed by atoms with Gasteiger partial charge in [-0.05, 0) is 35.4 Å². The van der Waals surface area contributed by atoms with Gasteiger partial charge < -0.3 is 5.11 Å². The van der Waals surface area contributed by atoms with Gasteiger partial charge in [0.1, 0.15) is 5.82 Å². The zero-order chi connectivity index (χ0) is 14.1. The molecule has 3 heteroatoms. The van der Waals surface area contributed by atoms with Crippen LogP contribution in [0.5, 0.6) is 0 Å². The Morgan fingerprint density at radius 1 is 1.15 bits per heavy atom. The molecule has 104 valence electrons. The summed E-state index contributed by atoms with van der Waals surface area (Å²) >= 11 is 5.93. The molecule has 2 aromatic carbocycles. The summed E-state index contributed by atoms with van der Waals surface area (Å²) in [4.78, 5) is 0. The molecule has 0 radical (unpaired) electrons. The highest BCUT2D eigenvalue weighted by Gasteiger charge is 2.43. The number of aliphatic hydroxyl groups is 1. The first-order valence-corrected chi connectivity index (χ1v) is 7.20. The Balaban J connectivity index is 1.67. The Morgan fingerprint density at radius 2 is 1.90 bits per heavy atom. The molecule has 0 aromatic heterocycles. The van der Waals surface area contributed by atoms with Crippen LogP contribution in [-0.4, -0.2) is 11.2 Å². The first-order chi connectivity index (χ1) is 9.66. The van der Waals surface area contributed by atoms with E-state index in [0.29, 0.717) is 17.9 Å². The number of benzene rings is 2. The predicted molar refractivity (Wildman–Crippen MR) is 78.4 cm³/mol. The fraction of sp³-hybridized carbons (Fsp3) is 0.294. The Morgan fingerprint density at radius 3 is 2.65 bits per heavy atom. The summed E-state index contributed by atoms with van der Waals surface area (Å²) in [5, 5.41) is 10.4. The summed E-state index contributed by atoms with van der Waals surface area (Å²) < 4.78 is 13.4. The molecule has 0 bridgehead atoms. The van der Waals surface area contributed by atoms with Crippen LogP contribution in [0.4, 0.5) is 4.39 Å². The van der Waals surface area contributed by atoms with Gasteiger partial charge in [-0.15, -0.1) is 0 Å². The molecule has 2 aromatic rings. The fourth-order valence-corrected chi connectivity index (χ4v) is 3.01. The topological polar surface area (TPSA) is 20.2 Å². The normalized spacial score (nSPS) is 22.6. The van der Waals surface area contributed by atoms with Gasteiger partial charge in [0.25, 0.3) is 0 Å². The van der Waals surface area contributed by atoms with Crippen LogP contribution in [-0.2, 0) is 6.42 Å². The van der Waals surface area contributed by atoms with Crippen LogP contribution in [0.25, 0.3) is 0 Å². The minimum atomic E-state index is -0.473. The maximum atomic E-state index is 13.4. The Hall–Kier alpha value is -1.38. The highest BCUT2D eigenvalue weighted by atomic mass is 35.5. The second-order valence-corrected chi connectivity index (χ2v) is 5.78. The van der Waals surface area contributed by atoms with Crippen LogP contribution >= 0.6 is 11.6 Å². The van der Waals surface area contributed by atoms with E-state index in [1.807, 2.05) is 18.2 Å². The molecule has 0 saturated heterocycles. The summed E-state index contributed by atoms with van der Waals surface area (Å²) in [6, 6.07) is 14.9. The van der Waals surface area contributed by atoms with E-state index in [4.69, 9.17) is 11.6 Å². The minimum absolute atomic E-state index is 0.128. The molecule has 1 aliphatic carbocycles. The van der Waals surface area contributed by atoms with Gasteiger partial charge in [-0.3, -0.25) is 0 Å². The lowest BCUT2D eigenvalue weighted by atomic mass is 10.0. The predicted octanol–water partition coefficient (Wildman–Crippen LogP) is 4.19. The zero-order valence-corrected chi connectivity index (χ0v) is 11.7. The summed E-state index contributed by atoms with van der Waals surface area (Å²) in [6.07, 6.45) is 0.919. The molecule has 0 aliphatic heterocycles.